The molecule has 3 rings (SSSR count). The molecule has 4 heteroatoms. The van der Waals surface area contributed by atoms with Gasteiger partial charge in [-0.05, 0) is 54.7 Å². The highest BCUT2D eigenvalue weighted by molar-refractivity contribution is 5.79. The van der Waals surface area contributed by atoms with Crippen LogP contribution in [0.5, 0.6) is 5.75 Å². The number of hydrogen-bond acceptors (Lipinski definition) is 2. The minimum Gasteiger partial charge on any atom is -0.497 e. The third-order valence-corrected chi connectivity index (χ3v) is 5.54. The molecule has 4 nitrogen and oxygen atoms in total. The van der Waals surface area contributed by atoms with E-state index in [9.17, 15) is 0 Å². The lowest BCUT2D eigenvalue weighted by atomic mass is 9.65. The number of ether oxygens (including phenoxy) is 1. The van der Waals surface area contributed by atoms with E-state index in [0.29, 0.717) is 5.41 Å². The van der Waals surface area contributed by atoms with Crippen LogP contribution in [0, 0.1) is 11.3 Å². The van der Waals surface area contributed by atoms with Gasteiger partial charge in [-0.25, -0.2) is 0 Å². The summed E-state index contributed by atoms with van der Waals surface area (Å²) >= 11 is 0. The van der Waals surface area contributed by atoms with Crippen molar-refractivity contribution in [2.75, 3.05) is 27.7 Å². The first kappa shape index (κ1) is 16.2. The predicted molar refractivity (Wildman–Crippen MR) is 94.8 cm³/mol. The Hall–Kier alpha value is -1.71. The van der Waals surface area contributed by atoms with E-state index in [0.717, 1.165) is 30.7 Å². The van der Waals surface area contributed by atoms with E-state index in [1.165, 1.54) is 37.7 Å². The van der Waals surface area contributed by atoms with Gasteiger partial charge in [0.25, 0.3) is 0 Å². The average molecular weight is 315 g/mol. The lowest BCUT2D eigenvalue weighted by molar-refractivity contribution is 0.105. The van der Waals surface area contributed by atoms with Crippen molar-refractivity contribution in [3.05, 3.63) is 29.8 Å². The molecule has 0 aliphatic heterocycles. The third-order valence-electron chi connectivity index (χ3n) is 5.54. The van der Waals surface area contributed by atoms with Crippen molar-refractivity contribution in [3.8, 4) is 5.75 Å². The Morgan fingerprint density at radius 2 is 2.00 bits per heavy atom. The van der Waals surface area contributed by atoms with E-state index < -0.39 is 0 Å². The van der Waals surface area contributed by atoms with Gasteiger partial charge in [-0.1, -0.05) is 18.6 Å². The maximum Gasteiger partial charge on any atom is 0.193 e. The summed E-state index contributed by atoms with van der Waals surface area (Å²) in [4.78, 5) is 6.66. The molecule has 0 bridgehead atoms. The topological polar surface area (TPSA) is 36.9 Å². The van der Waals surface area contributed by atoms with Crippen molar-refractivity contribution in [2.24, 2.45) is 16.3 Å². The first-order chi connectivity index (χ1) is 11.2. The number of benzene rings is 1. The molecule has 1 N–H and O–H groups in total. The van der Waals surface area contributed by atoms with Gasteiger partial charge >= 0.3 is 0 Å². The third kappa shape index (κ3) is 3.62. The number of nitrogens with one attached hydrogen (secondary N) is 1. The second-order valence-corrected chi connectivity index (χ2v) is 7.10. The maximum atomic E-state index is 5.22. The van der Waals surface area contributed by atoms with E-state index in [1.54, 1.807) is 7.11 Å². The summed E-state index contributed by atoms with van der Waals surface area (Å²) in [7, 11) is 5.67. The minimum atomic E-state index is 0.566. The Morgan fingerprint density at radius 3 is 2.48 bits per heavy atom. The summed E-state index contributed by atoms with van der Waals surface area (Å²) in [6, 6.07) is 8.24. The minimum absolute atomic E-state index is 0.566. The van der Waals surface area contributed by atoms with Gasteiger partial charge in [-0.15, -0.1) is 0 Å². The number of aliphatic imine (C=N–C) groups is 1. The number of methoxy groups -OCH3 is 1. The van der Waals surface area contributed by atoms with Crippen molar-refractivity contribution in [1.82, 2.24) is 10.2 Å². The fraction of sp³-hybridized carbons (Fsp3) is 0.632. The molecule has 0 heterocycles. The largest absolute Gasteiger partial charge is 0.497 e. The van der Waals surface area contributed by atoms with E-state index in [2.05, 4.69) is 34.4 Å². The summed E-state index contributed by atoms with van der Waals surface area (Å²) in [5.74, 6) is 2.86. The van der Waals surface area contributed by atoms with Crippen molar-refractivity contribution in [3.63, 3.8) is 0 Å². The summed E-state index contributed by atoms with van der Waals surface area (Å²) in [5, 5.41) is 3.63. The van der Waals surface area contributed by atoms with Gasteiger partial charge in [0, 0.05) is 27.2 Å². The zero-order valence-corrected chi connectivity index (χ0v) is 14.6. The summed E-state index contributed by atoms with van der Waals surface area (Å²) in [6.45, 7) is 1.93. The van der Waals surface area contributed by atoms with E-state index >= 15 is 0 Å². The SMILES string of the molecule is CN=C(NCC1(C2CC2)CCC1)N(C)Cc1ccc(OC)cc1. The van der Waals surface area contributed by atoms with Crippen LogP contribution >= 0.6 is 0 Å². The molecule has 2 aliphatic carbocycles. The lowest BCUT2D eigenvalue weighted by Crippen LogP contribution is -2.47. The first-order valence-electron chi connectivity index (χ1n) is 8.71. The maximum absolute atomic E-state index is 5.22. The Labute approximate surface area is 139 Å². The van der Waals surface area contributed by atoms with E-state index in [1.807, 2.05) is 19.2 Å². The number of rotatable bonds is 6. The van der Waals surface area contributed by atoms with Crippen LogP contribution in [0.2, 0.25) is 0 Å². The molecule has 126 valence electrons. The molecule has 1 aromatic carbocycles. The van der Waals surface area contributed by atoms with Crippen LogP contribution in [-0.2, 0) is 6.54 Å². The first-order valence-corrected chi connectivity index (χ1v) is 8.71. The summed E-state index contributed by atoms with van der Waals surface area (Å²) < 4.78 is 5.22. The second kappa shape index (κ2) is 6.81. The van der Waals surface area contributed by atoms with Crippen LogP contribution in [0.15, 0.2) is 29.3 Å². The molecule has 2 aliphatic rings. The zero-order valence-electron chi connectivity index (χ0n) is 14.6. The predicted octanol–water partition coefficient (Wildman–Crippen LogP) is 3.28. The van der Waals surface area contributed by atoms with Crippen molar-refractivity contribution in [2.45, 2.75) is 38.6 Å². The van der Waals surface area contributed by atoms with Gasteiger partial charge < -0.3 is 15.0 Å². The smallest absolute Gasteiger partial charge is 0.193 e. The highest BCUT2D eigenvalue weighted by atomic mass is 16.5. The Morgan fingerprint density at radius 1 is 1.30 bits per heavy atom. The lowest BCUT2D eigenvalue weighted by Gasteiger charge is -2.43. The van der Waals surface area contributed by atoms with E-state index in [-0.39, 0.29) is 0 Å². The molecule has 2 fully saturated rings. The van der Waals surface area contributed by atoms with Crippen molar-refractivity contribution in [1.29, 1.82) is 0 Å². The molecule has 0 spiro atoms. The van der Waals surface area contributed by atoms with Gasteiger partial charge in [0.05, 0.1) is 7.11 Å². The van der Waals surface area contributed by atoms with Crippen molar-refractivity contribution >= 4 is 5.96 Å². The van der Waals surface area contributed by atoms with E-state index in [4.69, 9.17) is 4.74 Å². The highest BCUT2D eigenvalue weighted by Crippen LogP contribution is 2.56. The quantitative estimate of drug-likeness (QED) is 0.646. The van der Waals surface area contributed by atoms with Gasteiger partial charge in [0.15, 0.2) is 5.96 Å². The van der Waals surface area contributed by atoms with Crippen LogP contribution in [0.1, 0.15) is 37.7 Å². The molecule has 0 amide bonds. The zero-order chi connectivity index (χ0) is 16.3. The average Bonchev–Trinajstić information content (AvgIpc) is 3.36. The molecule has 23 heavy (non-hydrogen) atoms. The van der Waals surface area contributed by atoms with Gasteiger partial charge in [0.1, 0.15) is 5.75 Å². The van der Waals surface area contributed by atoms with Gasteiger partial charge in [0.2, 0.25) is 0 Å². The molecule has 2 saturated carbocycles. The number of hydrogen-bond donors (Lipinski definition) is 1. The molecule has 0 unspecified atom stereocenters. The Kier molecular flexibility index (Phi) is 4.79. The Balaban J connectivity index is 1.54. The molecular weight excluding hydrogens is 286 g/mol. The monoisotopic (exact) mass is 315 g/mol. The fourth-order valence-electron chi connectivity index (χ4n) is 3.78. The number of guanidine groups is 1. The van der Waals surface area contributed by atoms with Crippen LogP contribution in [-0.4, -0.2) is 38.6 Å². The van der Waals surface area contributed by atoms with Crippen LogP contribution in [0.25, 0.3) is 0 Å². The molecule has 0 aromatic heterocycles. The standard InChI is InChI=1S/C19H29N3O/c1-20-18(21-14-19(11-4-12-19)16-7-8-16)22(2)13-15-5-9-17(23-3)10-6-15/h5-6,9-10,16H,4,7-8,11-14H2,1-3H3,(H,20,21). The molecule has 0 radical (unpaired) electrons. The van der Waals surface area contributed by atoms with Crippen LogP contribution in [0.4, 0.5) is 0 Å². The summed E-state index contributed by atoms with van der Waals surface area (Å²) in [6.07, 6.45) is 7.05. The van der Waals surface area contributed by atoms with Crippen LogP contribution < -0.4 is 10.1 Å². The van der Waals surface area contributed by atoms with Crippen molar-refractivity contribution < 1.29 is 4.74 Å². The van der Waals surface area contributed by atoms with Gasteiger partial charge in [-0.3, -0.25) is 4.99 Å². The van der Waals surface area contributed by atoms with Gasteiger partial charge in [-0.2, -0.15) is 0 Å². The molecule has 0 atom stereocenters. The summed E-state index contributed by atoms with van der Waals surface area (Å²) in [5.41, 5.74) is 1.83. The molecule has 0 saturated heterocycles. The number of nitrogens with zero attached hydrogens (tertiary/aromatic N) is 2. The molecule has 1 aromatic rings. The Bertz CT molecular complexity index is 544. The second-order valence-electron chi connectivity index (χ2n) is 7.10. The normalized spacial score (nSPS) is 19.9. The highest BCUT2D eigenvalue weighted by Gasteiger charge is 2.48. The molecular formula is C19H29N3O. The fourth-order valence-corrected chi connectivity index (χ4v) is 3.78. The van der Waals surface area contributed by atoms with Crippen LogP contribution in [0.3, 0.4) is 0 Å².